The van der Waals surface area contributed by atoms with Crippen LogP contribution in [-0.4, -0.2) is 50.3 Å². The monoisotopic (exact) mass is 173 g/mol. The number of carbonyl (C=O) groups is 1. The summed E-state index contributed by atoms with van der Waals surface area (Å²) in [5.74, 6) is 0.162. The van der Waals surface area contributed by atoms with Crippen LogP contribution in [0.25, 0.3) is 0 Å². The molecule has 12 heavy (non-hydrogen) atoms. The maximum absolute atomic E-state index is 10.7. The van der Waals surface area contributed by atoms with E-state index in [0.29, 0.717) is 26.3 Å². The molecule has 0 amide bonds. The van der Waals surface area contributed by atoms with Crippen molar-refractivity contribution in [2.75, 3.05) is 33.4 Å². The molecule has 1 fully saturated rings. The summed E-state index contributed by atoms with van der Waals surface area (Å²) in [4.78, 5) is 12.6. The number of rotatable bonds is 4. The van der Waals surface area contributed by atoms with Crippen molar-refractivity contribution < 1.29 is 14.3 Å². The first-order valence-electron chi connectivity index (χ1n) is 4.09. The summed E-state index contributed by atoms with van der Waals surface area (Å²) in [7, 11) is 1.88. The minimum absolute atomic E-state index is 0.144. The first kappa shape index (κ1) is 9.64. The second-order valence-electron chi connectivity index (χ2n) is 3.07. The number of Topliss-reactive ketones (excluding diaryl/α,β-unsaturated/α-hetero) is 1. The van der Waals surface area contributed by atoms with Gasteiger partial charge in [0.15, 0.2) is 6.29 Å². The average Bonchev–Trinajstić information content (AvgIpc) is 2.37. The predicted octanol–water partition coefficient (Wildman–Crippen LogP) is -0.120. The summed E-state index contributed by atoms with van der Waals surface area (Å²) < 4.78 is 10.5. The van der Waals surface area contributed by atoms with Gasteiger partial charge < -0.3 is 9.47 Å². The quantitative estimate of drug-likeness (QED) is 0.594. The van der Waals surface area contributed by atoms with Gasteiger partial charge >= 0.3 is 0 Å². The minimum atomic E-state index is -0.144. The Balaban J connectivity index is 2.16. The normalized spacial score (nSPS) is 18.9. The smallest absolute Gasteiger partial charge is 0.170 e. The van der Waals surface area contributed by atoms with Crippen molar-refractivity contribution in [3.05, 3.63) is 0 Å². The Bertz CT molecular complexity index is 154. The van der Waals surface area contributed by atoms with Gasteiger partial charge in [-0.2, -0.15) is 0 Å². The lowest BCUT2D eigenvalue weighted by molar-refractivity contribution is -0.119. The number of hydrogen-bond donors (Lipinski definition) is 0. The first-order valence-corrected chi connectivity index (χ1v) is 4.09. The Kier molecular flexibility index (Phi) is 3.65. The largest absolute Gasteiger partial charge is 0.349 e. The fourth-order valence-electron chi connectivity index (χ4n) is 1.21. The van der Waals surface area contributed by atoms with Gasteiger partial charge in [0.1, 0.15) is 5.78 Å². The van der Waals surface area contributed by atoms with E-state index in [2.05, 4.69) is 0 Å². The van der Waals surface area contributed by atoms with Crippen LogP contribution in [0.5, 0.6) is 0 Å². The molecular formula is C8H15NO3. The summed E-state index contributed by atoms with van der Waals surface area (Å²) in [6, 6.07) is 0. The average molecular weight is 173 g/mol. The van der Waals surface area contributed by atoms with Crippen molar-refractivity contribution in [3.63, 3.8) is 0 Å². The van der Waals surface area contributed by atoms with Crippen LogP contribution in [0.4, 0.5) is 0 Å². The molecule has 0 bridgehead atoms. The van der Waals surface area contributed by atoms with E-state index in [4.69, 9.17) is 9.47 Å². The van der Waals surface area contributed by atoms with Crippen LogP contribution >= 0.6 is 0 Å². The lowest BCUT2D eigenvalue weighted by atomic mass is 10.4. The first-order chi connectivity index (χ1) is 5.68. The summed E-state index contributed by atoms with van der Waals surface area (Å²) in [6.07, 6.45) is -0.144. The topological polar surface area (TPSA) is 38.8 Å². The second kappa shape index (κ2) is 4.54. The molecule has 0 aromatic carbocycles. The molecule has 1 aliphatic rings. The number of likely N-dealkylation sites (N-methyl/N-ethyl adjacent to an activating group) is 1. The molecule has 1 aliphatic heterocycles. The van der Waals surface area contributed by atoms with Crippen molar-refractivity contribution in [2.45, 2.75) is 13.2 Å². The van der Waals surface area contributed by atoms with Gasteiger partial charge in [0.05, 0.1) is 19.8 Å². The van der Waals surface area contributed by atoms with Crippen LogP contribution in [0.3, 0.4) is 0 Å². The zero-order valence-electron chi connectivity index (χ0n) is 7.58. The van der Waals surface area contributed by atoms with Crippen LogP contribution in [0.2, 0.25) is 0 Å². The molecule has 4 heteroatoms. The van der Waals surface area contributed by atoms with E-state index in [0.717, 1.165) is 0 Å². The van der Waals surface area contributed by atoms with Gasteiger partial charge in [0.25, 0.3) is 0 Å². The molecule has 0 N–H and O–H groups in total. The van der Waals surface area contributed by atoms with Gasteiger partial charge in [-0.25, -0.2) is 0 Å². The Hall–Kier alpha value is -0.450. The molecule has 0 saturated carbocycles. The van der Waals surface area contributed by atoms with Crippen LogP contribution in [-0.2, 0) is 14.3 Å². The van der Waals surface area contributed by atoms with E-state index in [1.165, 1.54) is 0 Å². The molecular weight excluding hydrogens is 158 g/mol. The van der Waals surface area contributed by atoms with E-state index >= 15 is 0 Å². The number of carbonyl (C=O) groups excluding carboxylic acids is 1. The zero-order valence-corrected chi connectivity index (χ0v) is 7.58. The Morgan fingerprint density at radius 1 is 1.50 bits per heavy atom. The molecule has 1 heterocycles. The molecule has 4 nitrogen and oxygen atoms in total. The predicted molar refractivity (Wildman–Crippen MR) is 43.9 cm³/mol. The summed E-state index contributed by atoms with van der Waals surface area (Å²) >= 11 is 0. The molecule has 0 atom stereocenters. The van der Waals surface area contributed by atoms with Gasteiger partial charge in [0, 0.05) is 6.54 Å². The Morgan fingerprint density at radius 3 is 2.58 bits per heavy atom. The van der Waals surface area contributed by atoms with Gasteiger partial charge in [0.2, 0.25) is 0 Å². The highest BCUT2D eigenvalue weighted by Crippen LogP contribution is 2.04. The minimum Gasteiger partial charge on any atom is -0.349 e. The number of hydrogen-bond acceptors (Lipinski definition) is 4. The molecule has 0 radical (unpaired) electrons. The third-order valence-electron chi connectivity index (χ3n) is 1.64. The van der Waals surface area contributed by atoms with Crippen molar-refractivity contribution in [1.82, 2.24) is 4.90 Å². The Labute approximate surface area is 72.4 Å². The van der Waals surface area contributed by atoms with Crippen molar-refractivity contribution in [2.24, 2.45) is 0 Å². The maximum atomic E-state index is 10.7. The molecule has 1 saturated heterocycles. The lowest BCUT2D eigenvalue weighted by Gasteiger charge is -2.17. The van der Waals surface area contributed by atoms with Crippen molar-refractivity contribution >= 4 is 5.78 Å². The van der Waals surface area contributed by atoms with E-state index in [1.54, 1.807) is 6.92 Å². The summed E-state index contributed by atoms with van der Waals surface area (Å²) in [6.45, 7) is 4.03. The second-order valence-corrected chi connectivity index (χ2v) is 3.07. The molecule has 1 rings (SSSR count). The van der Waals surface area contributed by atoms with E-state index in [9.17, 15) is 4.79 Å². The van der Waals surface area contributed by atoms with Crippen LogP contribution in [0, 0.1) is 0 Å². The van der Waals surface area contributed by atoms with E-state index in [1.807, 2.05) is 11.9 Å². The van der Waals surface area contributed by atoms with E-state index < -0.39 is 0 Å². The maximum Gasteiger partial charge on any atom is 0.170 e. The third kappa shape index (κ3) is 3.30. The molecule has 0 unspecified atom stereocenters. The van der Waals surface area contributed by atoms with Crippen molar-refractivity contribution in [3.8, 4) is 0 Å². The molecule has 0 aromatic heterocycles. The molecule has 70 valence electrons. The molecule has 0 spiro atoms. The molecule has 0 aromatic rings. The van der Waals surface area contributed by atoms with Gasteiger partial charge in [-0.15, -0.1) is 0 Å². The SMILES string of the molecule is CC(=O)CN(C)CC1OCCO1. The fraction of sp³-hybridized carbons (Fsp3) is 0.875. The van der Waals surface area contributed by atoms with Gasteiger partial charge in [-0.3, -0.25) is 9.69 Å². The Morgan fingerprint density at radius 2 is 2.08 bits per heavy atom. The third-order valence-corrected chi connectivity index (χ3v) is 1.64. The number of nitrogens with zero attached hydrogens (tertiary/aromatic N) is 1. The van der Waals surface area contributed by atoms with Crippen LogP contribution in [0.15, 0.2) is 0 Å². The number of ether oxygens (including phenoxy) is 2. The van der Waals surface area contributed by atoms with Gasteiger partial charge in [-0.05, 0) is 14.0 Å². The standard InChI is InChI=1S/C8H15NO3/c1-7(10)5-9(2)6-8-11-3-4-12-8/h8H,3-6H2,1-2H3. The highest BCUT2D eigenvalue weighted by molar-refractivity contribution is 5.77. The molecule has 0 aliphatic carbocycles. The summed E-state index contributed by atoms with van der Waals surface area (Å²) in [5.41, 5.74) is 0. The summed E-state index contributed by atoms with van der Waals surface area (Å²) in [5, 5.41) is 0. The number of ketones is 1. The van der Waals surface area contributed by atoms with Crippen LogP contribution < -0.4 is 0 Å². The fourth-order valence-corrected chi connectivity index (χ4v) is 1.21. The van der Waals surface area contributed by atoms with E-state index in [-0.39, 0.29) is 12.1 Å². The van der Waals surface area contributed by atoms with Gasteiger partial charge in [-0.1, -0.05) is 0 Å². The van der Waals surface area contributed by atoms with Crippen LogP contribution in [0.1, 0.15) is 6.92 Å². The zero-order chi connectivity index (χ0) is 8.97. The highest BCUT2D eigenvalue weighted by Gasteiger charge is 2.17. The van der Waals surface area contributed by atoms with Crippen molar-refractivity contribution in [1.29, 1.82) is 0 Å². The lowest BCUT2D eigenvalue weighted by Crippen LogP contribution is -2.33. The highest BCUT2D eigenvalue weighted by atomic mass is 16.7.